The van der Waals surface area contributed by atoms with E-state index >= 15 is 0 Å². The van der Waals surface area contributed by atoms with E-state index < -0.39 is 0 Å². The molecule has 2 aliphatic heterocycles. The molecule has 2 aromatic rings. The first-order valence-corrected chi connectivity index (χ1v) is 11.5. The van der Waals surface area contributed by atoms with Crippen molar-refractivity contribution in [2.45, 2.75) is 50.1 Å². The quantitative estimate of drug-likeness (QED) is 0.810. The Bertz CT molecular complexity index is 908. The highest BCUT2D eigenvalue weighted by Crippen LogP contribution is 2.39. The number of fused-ring (bicyclic) bond motifs is 1. The topological polar surface area (TPSA) is 61.4 Å². The van der Waals surface area contributed by atoms with Gasteiger partial charge in [-0.1, -0.05) is 37.3 Å². The predicted molar refractivity (Wildman–Crippen MR) is 119 cm³/mol. The number of nitrogens with one attached hydrogen (secondary N) is 2. The van der Waals surface area contributed by atoms with Crippen molar-refractivity contribution in [3.05, 3.63) is 48.0 Å². The monoisotopic (exact) mass is 411 g/mol. The lowest BCUT2D eigenvalue weighted by molar-refractivity contribution is -0.123. The zero-order valence-electron chi connectivity index (χ0n) is 17.1. The first kappa shape index (κ1) is 20.2. The summed E-state index contributed by atoms with van der Waals surface area (Å²) in [6.45, 7) is 5.54. The van der Waals surface area contributed by atoms with Gasteiger partial charge in [0.25, 0.3) is 5.91 Å². The van der Waals surface area contributed by atoms with Gasteiger partial charge >= 0.3 is 0 Å². The molecule has 2 amide bonds. The Morgan fingerprint density at radius 1 is 1.21 bits per heavy atom. The Hall–Kier alpha value is -2.05. The molecule has 0 aromatic heterocycles. The van der Waals surface area contributed by atoms with Gasteiger partial charge in [-0.25, -0.2) is 0 Å². The van der Waals surface area contributed by atoms with Crippen LogP contribution >= 0.6 is 11.8 Å². The van der Waals surface area contributed by atoms with E-state index in [1.807, 2.05) is 60.0 Å². The van der Waals surface area contributed by atoms with E-state index in [9.17, 15) is 9.59 Å². The summed E-state index contributed by atoms with van der Waals surface area (Å²) in [5.74, 6) is 0.985. The number of carbonyl (C=O) groups is 2. The summed E-state index contributed by atoms with van der Waals surface area (Å²) < 4.78 is 0. The highest BCUT2D eigenvalue weighted by Gasteiger charge is 2.44. The van der Waals surface area contributed by atoms with E-state index in [0.717, 1.165) is 41.4 Å². The third-order valence-corrected chi connectivity index (χ3v) is 7.71. The summed E-state index contributed by atoms with van der Waals surface area (Å²) in [4.78, 5) is 27.3. The van der Waals surface area contributed by atoms with Crippen LogP contribution in [-0.2, 0) is 4.79 Å². The molecule has 2 aromatic carbocycles. The molecule has 29 heavy (non-hydrogen) atoms. The Kier molecular flexibility index (Phi) is 5.83. The fraction of sp³-hybridized carbons (Fsp3) is 0.478. The minimum absolute atomic E-state index is 0.0857. The van der Waals surface area contributed by atoms with E-state index in [-0.39, 0.29) is 28.8 Å². The summed E-state index contributed by atoms with van der Waals surface area (Å²) in [5.41, 5.74) is 0.748. The van der Waals surface area contributed by atoms with Crippen LogP contribution in [0.15, 0.2) is 42.5 Å². The van der Waals surface area contributed by atoms with Gasteiger partial charge in [0.2, 0.25) is 5.91 Å². The van der Waals surface area contributed by atoms with Crippen molar-refractivity contribution in [1.82, 2.24) is 15.5 Å². The summed E-state index contributed by atoms with van der Waals surface area (Å²) in [5, 5.41) is 8.89. The van der Waals surface area contributed by atoms with Crippen molar-refractivity contribution in [3.63, 3.8) is 0 Å². The molecular weight excluding hydrogens is 382 g/mol. The number of likely N-dealkylation sites (tertiary alicyclic amines) is 1. The van der Waals surface area contributed by atoms with Crippen molar-refractivity contribution in [3.8, 4) is 0 Å². The SMILES string of the molecule is CC[C@H](C)NC(=O)[C@@H]1CSC2(CCN(C(=O)c3ccc4ccccc4c3)CC2)N1. The lowest BCUT2D eigenvalue weighted by atomic mass is 10.0. The largest absolute Gasteiger partial charge is 0.352 e. The number of benzene rings is 2. The minimum Gasteiger partial charge on any atom is -0.352 e. The van der Waals surface area contributed by atoms with Crippen LogP contribution in [0.2, 0.25) is 0 Å². The van der Waals surface area contributed by atoms with Gasteiger partial charge in [-0.3, -0.25) is 14.9 Å². The van der Waals surface area contributed by atoms with Crippen molar-refractivity contribution < 1.29 is 9.59 Å². The Labute approximate surface area is 176 Å². The highest BCUT2D eigenvalue weighted by atomic mass is 32.2. The molecule has 6 heteroatoms. The molecule has 2 saturated heterocycles. The molecule has 2 fully saturated rings. The van der Waals surface area contributed by atoms with Gasteiger partial charge < -0.3 is 10.2 Å². The molecule has 2 N–H and O–H groups in total. The van der Waals surface area contributed by atoms with Gasteiger partial charge in [-0.15, -0.1) is 11.8 Å². The first-order valence-electron chi connectivity index (χ1n) is 10.5. The fourth-order valence-electron chi connectivity index (χ4n) is 4.10. The van der Waals surface area contributed by atoms with Crippen molar-refractivity contribution >= 4 is 34.3 Å². The zero-order chi connectivity index (χ0) is 20.4. The number of piperidine rings is 1. The second-order valence-electron chi connectivity index (χ2n) is 8.17. The van der Waals surface area contributed by atoms with Crippen LogP contribution in [0.1, 0.15) is 43.5 Å². The molecule has 0 radical (unpaired) electrons. The average Bonchev–Trinajstić information content (AvgIpc) is 3.17. The maximum Gasteiger partial charge on any atom is 0.253 e. The third kappa shape index (κ3) is 4.28. The summed E-state index contributed by atoms with van der Waals surface area (Å²) in [7, 11) is 0. The third-order valence-electron chi connectivity index (χ3n) is 6.14. The molecule has 1 spiro atoms. The van der Waals surface area contributed by atoms with Gasteiger partial charge in [-0.2, -0.15) is 0 Å². The molecule has 2 heterocycles. The van der Waals surface area contributed by atoms with Crippen LogP contribution in [0.5, 0.6) is 0 Å². The highest BCUT2D eigenvalue weighted by molar-refractivity contribution is 8.01. The van der Waals surface area contributed by atoms with Crippen molar-refractivity contribution in [2.24, 2.45) is 0 Å². The number of rotatable bonds is 4. The van der Waals surface area contributed by atoms with Gasteiger partial charge in [0.1, 0.15) is 0 Å². The van der Waals surface area contributed by atoms with E-state index in [0.29, 0.717) is 13.1 Å². The molecule has 154 valence electrons. The predicted octanol–water partition coefficient (Wildman–Crippen LogP) is 3.39. The van der Waals surface area contributed by atoms with Crippen LogP contribution in [-0.4, -0.2) is 52.5 Å². The number of amides is 2. The van der Waals surface area contributed by atoms with Crippen molar-refractivity contribution in [2.75, 3.05) is 18.8 Å². The minimum atomic E-state index is -0.142. The molecule has 0 bridgehead atoms. The van der Waals surface area contributed by atoms with Crippen LogP contribution in [0.25, 0.3) is 10.8 Å². The number of thioether (sulfide) groups is 1. The Balaban J connectivity index is 1.36. The molecule has 0 saturated carbocycles. The van der Waals surface area contributed by atoms with E-state index in [1.54, 1.807) is 0 Å². The lowest BCUT2D eigenvalue weighted by Crippen LogP contribution is -2.55. The number of carbonyl (C=O) groups excluding carboxylic acids is 2. The van der Waals surface area contributed by atoms with Crippen LogP contribution in [0.3, 0.4) is 0 Å². The van der Waals surface area contributed by atoms with E-state index in [2.05, 4.69) is 23.6 Å². The smallest absolute Gasteiger partial charge is 0.253 e. The number of hydrogen-bond donors (Lipinski definition) is 2. The van der Waals surface area contributed by atoms with Crippen LogP contribution < -0.4 is 10.6 Å². The van der Waals surface area contributed by atoms with Gasteiger partial charge in [0, 0.05) is 30.4 Å². The molecule has 2 aliphatic rings. The molecule has 5 nitrogen and oxygen atoms in total. The standard InChI is InChI=1S/C23H29N3O2S/c1-3-16(2)24-21(27)20-15-29-23(25-20)10-12-26(13-11-23)22(28)19-9-8-17-6-4-5-7-18(17)14-19/h4-9,14,16,20,25H,3,10-13,15H2,1-2H3,(H,24,27)/t16-,20-/m0/s1. The van der Waals surface area contributed by atoms with Crippen LogP contribution in [0.4, 0.5) is 0 Å². The van der Waals surface area contributed by atoms with Crippen LogP contribution in [0, 0.1) is 0 Å². The van der Waals surface area contributed by atoms with E-state index in [4.69, 9.17) is 0 Å². The Morgan fingerprint density at radius 2 is 1.93 bits per heavy atom. The number of hydrogen-bond acceptors (Lipinski definition) is 4. The van der Waals surface area contributed by atoms with Gasteiger partial charge in [0.15, 0.2) is 0 Å². The normalized spacial score (nSPS) is 22.0. The summed E-state index contributed by atoms with van der Waals surface area (Å²) in [6.07, 6.45) is 2.66. The summed E-state index contributed by atoms with van der Waals surface area (Å²) >= 11 is 1.84. The fourth-order valence-corrected chi connectivity index (χ4v) is 5.51. The average molecular weight is 412 g/mol. The summed E-state index contributed by atoms with van der Waals surface area (Å²) in [6, 6.07) is 14.1. The number of nitrogens with zero attached hydrogens (tertiary/aromatic N) is 1. The second-order valence-corrected chi connectivity index (χ2v) is 9.58. The maximum atomic E-state index is 13.0. The molecule has 4 rings (SSSR count). The first-order chi connectivity index (χ1) is 14.0. The molecule has 2 atom stereocenters. The zero-order valence-corrected chi connectivity index (χ0v) is 17.9. The second kappa shape index (κ2) is 8.36. The van der Waals surface area contributed by atoms with E-state index in [1.165, 1.54) is 0 Å². The molecule has 0 aliphatic carbocycles. The molecule has 0 unspecified atom stereocenters. The van der Waals surface area contributed by atoms with Gasteiger partial charge in [-0.05, 0) is 49.1 Å². The molecular formula is C23H29N3O2S. The van der Waals surface area contributed by atoms with Crippen molar-refractivity contribution in [1.29, 1.82) is 0 Å². The Morgan fingerprint density at radius 3 is 2.66 bits per heavy atom. The maximum absolute atomic E-state index is 13.0. The van der Waals surface area contributed by atoms with Gasteiger partial charge in [0.05, 0.1) is 10.9 Å². The lowest BCUT2D eigenvalue weighted by Gasteiger charge is -2.39.